The van der Waals surface area contributed by atoms with Gasteiger partial charge in [0.1, 0.15) is 17.2 Å². The van der Waals surface area contributed by atoms with Crippen LogP contribution in [0.4, 0.5) is 5.69 Å². The Balaban J connectivity index is 1.29. The highest BCUT2D eigenvalue weighted by Gasteiger charge is 2.21. The van der Waals surface area contributed by atoms with Gasteiger partial charge >= 0.3 is 5.97 Å². The highest BCUT2D eigenvalue weighted by Crippen LogP contribution is 2.31. The lowest BCUT2D eigenvalue weighted by molar-refractivity contribution is -0.137. The summed E-state index contributed by atoms with van der Waals surface area (Å²) in [4.78, 5) is 25.4. The monoisotopic (exact) mass is 648 g/mol. The minimum absolute atomic E-state index is 0.0541. The Morgan fingerprint density at radius 1 is 0.830 bits per heavy atom. The molecule has 0 aliphatic rings. The number of benzene rings is 5. The highest BCUT2D eigenvalue weighted by molar-refractivity contribution is 6.31. The first-order valence-corrected chi connectivity index (χ1v) is 15.7. The summed E-state index contributed by atoms with van der Waals surface area (Å²) in [6.45, 7) is 6.90. The summed E-state index contributed by atoms with van der Waals surface area (Å²) < 4.78 is 6.10. The zero-order valence-corrected chi connectivity index (χ0v) is 27.2. The molecule has 0 spiro atoms. The molecule has 0 bridgehead atoms. The fourth-order valence-corrected chi connectivity index (χ4v) is 5.38. The Bertz CT molecular complexity index is 1860. The van der Waals surface area contributed by atoms with E-state index in [1.807, 2.05) is 42.5 Å². The molecule has 0 aliphatic carbocycles. The summed E-state index contributed by atoms with van der Waals surface area (Å²) in [5.41, 5.74) is 5.07. The quantitative estimate of drug-likeness (QED) is 0.114. The van der Waals surface area contributed by atoms with Gasteiger partial charge in [-0.15, -0.1) is 0 Å². The fourth-order valence-electron chi connectivity index (χ4n) is 5.21. The maximum absolute atomic E-state index is 13.6. The number of phenolic OH excluding ortho intramolecular Hbond substituents is 1. The Morgan fingerprint density at radius 3 is 2.23 bits per heavy atom. The number of hydrogen-bond acceptors (Lipinski definition) is 5. The van der Waals surface area contributed by atoms with Crippen LogP contribution < -0.4 is 15.4 Å². The molecule has 5 aromatic rings. The molecule has 1 atom stereocenters. The van der Waals surface area contributed by atoms with Crippen LogP contribution in [0.2, 0.25) is 5.02 Å². The average molecular weight is 649 g/mol. The van der Waals surface area contributed by atoms with Gasteiger partial charge in [0.15, 0.2) is 0 Å². The number of carbonyl (C=O) groups excluding carboxylic acids is 1. The average Bonchev–Trinajstić information content (AvgIpc) is 3.04. The van der Waals surface area contributed by atoms with E-state index in [1.54, 1.807) is 60.7 Å². The summed E-state index contributed by atoms with van der Waals surface area (Å²) >= 11 is 6.30. The van der Waals surface area contributed by atoms with Gasteiger partial charge < -0.3 is 25.6 Å². The summed E-state index contributed by atoms with van der Waals surface area (Å²) in [7, 11) is 0. The van der Waals surface area contributed by atoms with Crippen molar-refractivity contribution in [2.45, 2.75) is 45.2 Å². The Hall–Kier alpha value is -5.27. The SMILES string of the molecule is CC(C)(C)c1ccc(Oc2cccc(CNc3ccc(Cl)cc3C(=O)NC(CC(=O)O)c3ccc(-c4ccccc4O)cc3)c2)cc1. The largest absolute Gasteiger partial charge is 0.507 e. The second kappa shape index (κ2) is 14.4. The molecule has 1 unspecified atom stereocenters. The van der Waals surface area contributed by atoms with Crippen LogP contribution in [0.25, 0.3) is 11.1 Å². The van der Waals surface area contributed by atoms with Crippen molar-refractivity contribution in [1.82, 2.24) is 5.32 Å². The van der Waals surface area contributed by atoms with Crippen molar-refractivity contribution in [3.63, 3.8) is 0 Å². The van der Waals surface area contributed by atoms with Gasteiger partial charge in [-0.2, -0.15) is 0 Å². The molecule has 4 N–H and O–H groups in total. The van der Waals surface area contributed by atoms with Gasteiger partial charge in [-0.3, -0.25) is 9.59 Å². The lowest BCUT2D eigenvalue weighted by atomic mass is 9.87. The van der Waals surface area contributed by atoms with Crippen LogP contribution in [0.3, 0.4) is 0 Å². The molecule has 0 radical (unpaired) electrons. The van der Waals surface area contributed by atoms with E-state index in [0.29, 0.717) is 34.1 Å². The Kier molecular flexibility index (Phi) is 10.2. The number of aliphatic carboxylic acids is 1. The van der Waals surface area contributed by atoms with E-state index in [-0.39, 0.29) is 23.1 Å². The molecule has 1 amide bonds. The standard InChI is InChI=1S/C39H37ClN2O5/c1-39(2,3)28-15-18-30(19-16-28)47-31-8-6-7-25(21-31)24-41-34-20-17-29(40)22-33(34)38(46)42-35(23-37(44)45)27-13-11-26(12-14-27)32-9-4-5-10-36(32)43/h4-22,35,41,43H,23-24H2,1-3H3,(H,42,46)(H,44,45). The molecule has 5 aromatic carbocycles. The predicted octanol–water partition coefficient (Wildman–Crippen LogP) is 9.36. The van der Waals surface area contributed by atoms with Crippen molar-refractivity contribution in [2.24, 2.45) is 0 Å². The van der Waals surface area contributed by atoms with Crippen LogP contribution in [0.1, 0.15) is 60.3 Å². The summed E-state index contributed by atoms with van der Waals surface area (Å²) in [6.07, 6.45) is -0.323. The van der Waals surface area contributed by atoms with Crippen molar-refractivity contribution in [2.75, 3.05) is 5.32 Å². The molecule has 5 rings (SSSR count). The first-order valence-electron chi connectivity index (χ1n) is 15.3. The van der Waals surface area contributed by atoms with Gasteiger partial charge in [0.25, 0.3) is 5.91 Å². The molecule has 0 saturated carbocycles. The number of carboxylic acid groups (broad SMARTS) is 1. The third-order valence-electron chi connectivity index (χ3n) is 7.78. The molecule has 0 heterocycles. The van der Waals surface area contributed by atoms with E-state index in [4.69, 9.17) is 16.3 Å². The topological polar surface area (TPSA) is 108 Å². The van der Waals surface area contributed by atoms with Crippen molar-refractivity contribution < 1.29 is 24.5 Å². The van der Waals surface area contributed by atoms with Crippen molar-refractivity contribution in [3.05, 3.63) is 143 Å². The van der Waals surface area contributed by atoms with E-state index < -0.39 is 17.9 Å². The maximum atomic E-state index is 13.6. The van der Waals surface area contributed by atoms with Crippen molar-refractivity contribution in [1.29, 1.82) is 0 Å². The van der Waals surface area contributed by atoms with Crippen LogP contribution in [0.15, 0.2) is 115 Å². The summed E-state index contributed by atoms with van der Waals surface area (Å²) in [5, 5.41) is 26.4. The third-order valence-corrected chi connectivity index (χ3v) is 8.01. The number of halogens is 1. The number of carbonyl (C=O) groups is 2. The number of anilines is 1. The summed E-state index contributed by atoms with van der Waals surface area (Å²) in [6, 6.07) is 34.0. The van der Waals surface area contributed by atoms with Gasteiger partial charge in [0.2, 0.25) is 0 Å². The van der Waals surface area contributed by atoms with E-state index in [9.17, 15) is 19.8 Å². The molecule has 0 fully saturated rings. The second-order valence-corrected chi connectivity index (χ2v) is 12.8. The van der Waals surface area contributed by atoms with E-state index in [0.717, 1.165) is 16.9 Å². The normalized spacial score (nSPS) is 11.8. The summed E-state index contributed by atoms with van der Waals surface area (Å²) in [5.74, 6) is 0.0378. The van der Waals surface area contributed by atoms with Crippen molar-refractivity contribution in [3.8, 4) is 28.4 Å². The number of aromatic hydroxyl groups is 1. The molecule has 8 heteroatoms. The third kappa shape index (κ3) is 8.71. The Morgan fingerprint density at radius 2 is 1.55 bits per heavy atom. The molecular formula is C39H37ClN2O5. The number of nitrogens with one attached hydrogen (secondary N) is 2. The van der Waals surface area contributed by atoms with Gasteiger partial charge in [-0.25, -0.2) is 0 Å². The first-order chi connectivity index (χ1) is 22.5. The maximum Gasteiger partial charge on any atom is 0.305 e. The lowest BCUT2D eigenvalue weighted by Crippen LogP contribution is -2.30. The number of carboxylic acids is 1. The lowest BCUT2D eigenvalue weighted by Gasteiger charge is -2.20. The van der Waals surface area contributed by atoms with Gasteiger partial charge in [-0.1, -0.05) is 99.1 Å². The van der Waals surface area contributed by atoms with E-state index in [1.165, 1.54) is 5.56 Å². The number of hydrogen-bond donors (Lipinski definition) is 4. The van der Waals surface area contributed by atoms with Crippen LogP contribution in [-0.4, -0.2) is 22.1 Å². The van der Waals surface area contributed by atoms with Crippen LogP contribution in [0.5, 0.6) is 17.2 Å². The fraction of sp³-hybridized carbons (Fsp3) is 0.179. The zero-order valence-electron chi connectivity index (χ0n) is 26.5. The van der Waals surface area contributed by atoms with Crippen LogP contribution in [-0.2, 0) is 16.8 Å². The van der Waals surface area contributed by atoms with E-state index >= 15 is 0 Å². The molecule has 0 aromatic heterocycles. The van der Waals surface area contributed by atoms with E-state index in [2.05, 4.69) is 43.5 Å². The molecule has 240 valence electrons. The van der Waals surface area contributed by atoms with Gasteiger partial charge in [0.05, 0.1) is 18.0 Å². The van der Waals surface area contributed by atoms with Crippen LogP contribution >= 0.6 is 11.6 Å². The van der Waals surface area contributed by atoms with Gasteiger partial charge in [0, 0.05) is 22.8 Å². The number of para-hydroxylation sites is 1. The number of ether oxygens (including phenoxy) is 1. The zero-order chi connectivity index (χ0) is 33.6. The Labute approximate surface area is 279 Å². The molecule has 0 aliphatic heterocycles. The minimum atomic E-state index is -1.06. The van der Waals surface area contributed by atoms with Crippen molar-refractivity contribution >= 4 is 29.2 Å². The predicted molar refractivity (Wildman–Crippen MR) is 186 cm³/mol. The highest BCUT2D eigenvalue weighted by atomic mass is 35.5. The minimum Gasteiger partial charge on any atom is -0.507 e. The molecule has 47 heavy (non-hydrogen) atoms. The number of phenols is 1. The first kappa shape index (κ1) is 33.1. The van der Waals surface area contributed by atoms with Gasteiger partial charge in [-0.05, 0) is 76.2 Å². The smallest absolute Gasteiger partial charge is 0.305 e. The molecule has 0 saturated heterocycles. The molecular weight excluding hydrogens is 612 g/mol. The number of rotatable bonds is 11. The number of amides is 1. The second-order valence-electron chi connectivity index (χ2n) is 12.3. The van der Waals surface area contributed by atoms with Crippen LogP contribution in [0, 0.1) is 0 Å². The molecule has 7 nitrogen and oxygen atoms in total.